The molecule has 5 nitrogen and oxygen atoms in total. The summed E-state index contributed by atoms with van der Waals surface area (Å²) in [6.07, 6.45) is 23.8. The van der Waals surface area contributed by atoms with E-state index in [1.807, 2.05) is 6.08 Å². The van der Waals surface area contributed by atoms with Gasteiger partial charge >= 0.3 is 0 Å². The molecule has 8 rings (SSSR count). The van der Waals surface area contributed by atoms with Gasteiger partial charge in [-0.3, -0.25) is 4.90 Å². The van der Waals surface area contributed by atoms with Crippen LogP contribution in [-0.2, 0) is 12.0 Å². The van der Waals surface area contributed by atoms with Crippen LogP contribution in [0.25, 0.3) is 0 Å². The summed E-state index contributed by atoms with van der Waals surface area (Å²) in [5.74, 6) is 2.72. The molecule has 2 unspecified atom stereocenters. The lowest BCUT2D eigenvalue weighted by molar-refractivity contribution is -0.117. The van der Waals surface area contributed by atoms with Crippen molar-refractivity contribution in [2.45, 2.75) is 140 Å². The van der Waals surface area contributed by atoms with Gasteiger partial charge in [0.2, 0.25) is 0 Å². The lowest BCUT2D eigenvalue weighted by atomic mass is 9.43. The molecule has 232 valence electrons. The fourth-order valence-electron chi connectivity index (χ4n) is 11.5. The SMILES string of the molecule is COc1ccc2c3c1O[C@H]1C[C@@H](O)C=C[C@@]31CCN(CCCCCCCCCNC13CC4CC(C)(CC(C)(C4)C1)C3)C2. The number of nitrogens with zero attached hydrogens (tertiary/aromatic N) is 1. The highest BCUT2D eigenvalue weighted by molar-refractivity contribution is 5.61. The Labute approximate surface area is 254 Å². The minimum atomic E-state index is -0.422. The molecule has 0 saturated heterocycles. The third-order valence-electron chi connectivity index (χ3n) is 12.3. The van der Waals surface area contributed by atoms with Gasteiger partial charge < -0.3 is 19.9 Å². The van der Waals surface area contributed by atoms with E-state index in [-0.39, 0.29) is 11.5 Å². The van der Waals surface area contributed by atoms with Crippen LogP contribution in [0.3, 0.4) is 0 Å². The first-order valence-electron chi connectivity index (χ1n) is 17.4. The lowest BCUT2D eigenvalue weighted by Gasteiger charge is -2.65. The van der Waals surface area contributed by atoms with Crippen molar-refractivity contribution in [2.75, 3.05) is 26.7 Å². The quantitative estimate of drug-likeness (QED) is 0.202. The Bertz CT molecular complexity index is 1160. The highest BCUT2D eigenvalue weighted by Gasteiger charge is 2.59. The fourth-order valence-corrected chi connectivity index (χ4v) is 11.5. The Balaban J connectivity index is 0.826. The number of aliphatic hydroxyl groups excluding tert-OH is 1. The van der Waals surface area contributed by atoms with Gasteiger partial charge in [0.1, 0.15) is 6.10 Å². The van der Waals surface area contributed by atoms with Gasteiger partial charge in [0.25, 0.3) is 0 Å². The van der Waals surface area contributed by atoms with E-state index in [9.17, 15) is 5.11 Å². The van der Waals surface area contributed by atoms with Crippen molar-refractivity contribution in [2.24, 2.45) is 16.7 Å². The Morgan fingerprint density at radius 1 is 0.976 bits per heavy atom. The molecule has 5 atom stereocenters. The van der Waals surface area contributed by atoms with Crippen molar-refractivity contribution in [3.63, 3.8) is 0 Å². The summed E-state index contributed by atoms with van der Waals surface area (Å²) in [6, 6.07) is 4.32. The van der Waals surface area contributed by atoms with E-state index in [0.717, 1.165) is 36.9 Å². The number of benzene rings is 1. The molecule has 1 spiro atoms. The van der Waals surface area contributed by atoms with Crippen LogP contribution in [-0.4, -0.2) is 54.5 Å². The van der Waals surface area contributed by atoms with Gasteiger partial charge in [0.15, 0.2) is 11.5 Å². The fraction of sp³-hybridized carbons (Fsp3) is 0.784. The molecule has 0 radical (unpaired) electrons. The van der Waals surface area contributed by atoms with Crippen molar-refractivity contribution in [3.8, 4) is 11.5 Å². The minimum Gasteiger partial charge on any atom is -0.493 e. The average Bonchev–Trinajstić information content (AvgIpc) is 3.16. The molecule has 1 aromatic rings. The van der Waals surface area contributed by atoms with Crippen molar-refractivity contribution >= 4 is 0 Å². The molecule has 0 amide bonds. The van der Waals surface area contributed by atoms with Gasteiger partial charge in [0.05, 0.1) is 18.6 Å². The third kappa shape index (κ3) is 5.34. The van der Waals surface area contributed by atoms with Gasteiger partial charge in [0, 0.05) is 24.1 Å². The van der Waals surface area contributed by atoms with Crippen molar-refractivity contribution in [1.82, 2.24) is 10.2 Å². The molecule has 4 saturated carbocycles. The summed E-state index contributed by atoms with van der Waals surface area (Å²) >= 11 is 0. The Kier molecular flexibility index (Phi) is 7.71. The van der Waals surface area contributed by atoms with Crippen LogP contribution < -0.4 is 14.8 Å². The largest absolute Gasteiger partial charge is 0.493 e. The number of hydrogen-bond acceptors (Lipinski definition) is 5. The Morgan fingerprint density at radius 2 is 1.71 bits per heavy atom. The highest BCUT2D eigenvalue weighted by atomic mass is 16.5. The first-order chi connectivity index (χ1) is 20.2. The van der Waals surface area contributed by atoms with Crippen LogP contribution in [0.15, 0.2) is 24.3 Å². The summed E-state index contributed by atoms with van der Waals surface area (Å²) in [7, 11) is 1.73. The summed E-state index contributed by atoms with van der Waals surface area (Å²) < 4.78 is 12.2. The smallest absolute Gasteiger partial charge is 0.166 e. The van der Waals surface area contributed by atoms with Gasteiger partial charge in [-0.2, -0.15) is 0 Å². The predicted octanol–water partition coefficient (Wildman–Crippen LogP) is 7.29. The average molecular weight is 577 g/mol. The zero-order valence-electron chi connectivity index (χ0n) is 26.7. The second-order valence-corrected chi connectivity index (χ2v) is 16.3. The number of ether oxygens (including phenoxy) is 2. The van der Waals surface area contributed by atoms with Crippen LogP contribution in [0.4, 0.5) is 0 Å². The van der Waals surface area contributed by atoms with E-state index >= 15 is 0 Å². The van der Waals surface area contributed by atoms with Crippen LogP contribution in [0.5, 0.6) is 11.5 Å². The Hall–Kier alpha value is -1.56. The van der Waals surface area contributed by atoms with Gasteiger partial charge in [-0.1, -0.05) is 64.2 Å². The molecule has 1 aromatic carbocycles. The monoisotopic (exact) mass is 576 g/mol. The van der Waals surface area contributed by atoms with Gasteiger partial charge in [-0.25, -0.2) is 0 Å². The van der Waals surface area contributed by atoms with E-state index in [1.165, 1.54) is 108 Å². The van der Waals surface area contributed by atoms with Crippen LogP contribution >= 0.6 is 0 Å². The van der Waals surface area contributed by atoms with E-state index in [2.05, 4.69) is 42.3 Å². The molecule has 2 aliphatic heterocycles. The van der Waals surface area contributed by atoms with E-state index < -0.39 is 6.10 Å². The molecule has 4 bridgehead atoms. The molecular formula is C37H56N2O3. The number of methoxy groups -OCH3 is 1. The maximum atomic E-state index is 10.3. The maximum absolute atomic E-state index is 10.3. The van der Waals surface area contributed by atoms with Gasteiger partial charge in [-0.05, 0) is 106 Å². The highest BCUT2D eigenvalue weighted by Crippen LogP contribution is 2.66. The standard InChI is InChI=1S/C37H56N2O3/c1-34-20-27-21-35(2,24-34)26-36(22-27,25-34)38-16-9-7-5-4-6-8-10-17-39-18-15-37-14-13-29(40)19-31(37)42-33-30(41-3)12-11-28(23-39)32(33)37/h11-14,27,29,31,38,40H,4-10,15-26H2,1-3H3/t27?,29-,31-,34?,35?,36?,37-/m0/s1. The first-order valence-corrected chi connectivity index (χ1v) is 17.4. The van der Waals surface area contributed by atoms with Crippen LogP contribution in [0.1, 0.15) is 121 Å². The molecule has 5 heteroatoms. The third-order valence-corrected chi connectivity index (χ3v) is 12.3. The Morgan fingerprint density at radius 3 is 2.45 bits per heavy atom. The first kappa shape index (κ1) is 29.2. The lowest BCUT2D eigenvalue weighted by Crippen LogP contribution is -2.64. The summed E-state index contributed by atoms with van der Waals surface area (Å²) in [5, 5.41) is 14.5. The molecule has 2 N–H and O–H groups in total. The molecule has 42 heavy (non-hydrogen) atoms. The zero-order chi connectivity index (χ0) is 29.0. The summed E-state index contributed by atoms with van der Waals surface area (Å²) in [4.78, 5) is 2.65. The van der Waals surface area contributed by atoms with E-state index in [1.54, 1.807) is 7.11 Å². The number of nitrogens with one attached hydrogen (secondary N) is 1. The normalized spacial score (nSPS) is 39.6. The second kappa shape index (κ2) is 11.1. The number of aliphatic hydroxyl groups is 1. The summed E-state index contributed by atoms with van der Waals surface area (Å²) in [5.41, 5.74) is 4.24. The molecule has 7 aliphatic rings. The van der Waals surface area contributed by atoms with Crippen molar-refractivity contribution in [3.05, 3.63) is 35.4 Å². The van der Waals surface area contributed by atoms with E-state index in [4.69, 9.17) is 9.47 Å². The minimum absolute atomic E-state index is 0.00299. The van der Waals surface area contributed by atoms with Crippen molar-refractivity contribution in [1.29, 1.82) is 0 Å². The zero-order valence-corrected chi connectivity index (χ0v) is 26.7. The van der Waals surface area contributed by atoms with Gasteiger partial charge in [-0.15, -0.1) is 0 Å². The molecular weight excluding hydrogens is 520 g/mol. The van der Waals surface area contributed by atoms with E-state index in [0.29, 0.717) is 22.8 Å². The maximum Gasteiger partial charge on any atom is 0.166 e. The summed E-state index contributed by atoms with van der Waals surface area (Å²) in [6.45, 7) is 9.62. The number of rotatable bonds is 12. The molecule has 2 heterocycles. The molecule has 0 aromatic heterocycles. The van der Waals surface area contributed by atoms with Crippen LogP contribution in [0.2, 0.25) is 0 Å². The molecule has 4 fully saturated rings. The van der Waals surface area contributed by atoms with Crippen molar-refractivity contribution < 1.29 is 14.6 Å². The predicted molar refractivity (Wildman–Crippen MR) is 169 cm³/mol. The number of hydrogen-bond donors (Lipinski definition) is 2. The number of unbranched alkanes of at least 4 members (excludes halogenated alkanes) is 6. The topological polar surface area (TPSA) is 54.0 Å². The van der Waals surface area contributed by atoms with Crippen LogP contribution in [0, 0.1) is 16.7 Å². The molecule has 5 aliphatic carbocycles. The second-order valence-electron chi connectivity index (χ2n) is 16.3.